The van der Waals surface area contributed by atoms with Crippen molar-refractivity contribution in [1.82, 2.24) is 4.57 Å². The number of aliphatic hydroxyl groups is 1. The van der Waals surface area contributed by atoms with Crippen molar-refractivity contribution < 1.29 is 53.7 Å². The Morgan fingerprint density at radius 1 is 1.10 bits per heavy atom. The van der Waals surface area contributed by atoms with E-state index < -0.39 is 24.3 Å². The Bertz CT molecular complexity index is 1100. The summed E-state index contributed by atoms with van der Waals surface area (Å²) in [6, 6.07) is 14.1. The van der Waals surface area contributed by atoms with Crippen molar-refractivity contribution in [2.75, 3.05) is 0 Å². The fourth-order valence-corrected chi connectivity index (χ4v) is 3.66. The Morgan fingerprint density at radius 3 is 2.35 bits per heavy atom. The second-order valence-electron chi connectivity index (χ2n) is 7.48. The third kappa shape index (κ3) is 5.92. The molecule has 0 amide bonds. The molecule has 1 heterocycles. The van der Waals surface area contributed by atoms with Gasteiger partial charge < -0.3 is 19.6 Å². The van der Waals surface area contributed by atoms with E-state index in [9.17, 15) is 24.2 Å². The van der Waals surface area contributed by atoms with Crippen molar-refractivity contribution >= 4 is 28.7 Å². The van der Waals surface area contributed by atoms with Crippen molar-refractivity contribution in [2.24, 2.45) is 0 Å². The Morgan fingerprint density at radius 2 is 1.74 bits per heavy atom. The zero-order valence-corrected chi connectivity index (χ0v) is 19.8. The standard InChI is InChI=1S/C24H24FNO4.Na/c1-15(2)26-21-6-4-3-5-20(21)24(16-7-9-17(25)10-8-16)22(26)12-11-18(27)13-19(28)14-23(29)30;/h3-12,15,19,28H,13-14H2,1-2H3,(H,29,30);/q;+1/p-1/b12-11+;. The van der Waals surface area contributed by atoms with Crippen LogP contribution in [0.1, 0.15) is 38.4 Å². The van der Waals surface area contributed by atoms with Gasteiger partial charge in [0.15, 0.2) is 5.78 Å². The third-order valence-electron chi connectivity index (χ3n) is 4.86. The number of ketones is 1. The number of benzene rings is 2. The van der Waals surface area contributed by atoms with Gasteiger partial charge in [-0.3, -0.25) is 4.79 Å². The summed E-state index contributed by atoms with van der Waals surface area (Å²) in [6.45, 7) is 4.06. The number of para-hydroxylation sites is 1. The van der Waals surface area contributed by atoms with Gasteiger partial charge in [-0.25, -0.2) is 4.39 Å². The van der Waals surface area contributed by atoms with E-state index in [1.807, 2.05) is 38.1 Å². The summed E-state index contributed by atoms with van der Waals surface area (Å²) in [5.74, 6) is -2.13. The minimum atomic E-state index is -1.40. The first-order valence-electron chi connectivity index (χ1n) is 9.75. The Kier molecular flexibility index (Phi) is 8.77. The summed E-state index contributed by atoms with van der Waals surface area (Å²) in [4.78, 5) is 22.9. The molecule has 0 radical (unpaired) electrons. The molecule has 0 saturated heterocycles. The molecule has 1 aromatic heterocycles. The van der Waals surface area contributed by atoms with Gasteiger partial charge in [0.25, 0.3) is 0 Å². The van der Waals surface area contributed by atoms with Crippen molar-refractivity contribution in [3.63, 3.8) is 0 Å². The number of halogens is 1. The van der Waals surface area contributed by atoms with Gasteiger partial charge in [-0.05, 0) is 49.8 Å². The van der Waals surface area contributed by atoms with E-state index >= 15 is 0 Å². The van der Waals surface area contributed by atoms with Gasteiger partial charge >= 0.3 is 29.6 Å². The molecule has 0 bridgehead atoms. The normalized spacial score (nSPS) is 12.3. The average molecular weight is 431 g/mol. The number of hydrogen-bond acceptors (Lipinski definition) is 4. The van der Waals surface area contributed by atoms with Crippen LogP contribution < -0.4 is 34.7 Å². The van der Waals surface area contributed by atoms with Crippen LogP contribution in [0, 0.1) is 5.82 Å². The maximum Gasteiger partial charge on any atom is 1.00 e. The molecule has 5 nitrogen and oxygen atoms in total. The molecule has 1 unspecified atom stereocenters. The Labute approximate surface area is 202 Å². The van der Waals surface area contributed by atoms with Gasteiger partial charge in [-0.1, -0.05) is 30.3 Å². The molecule has 0 aliphatic rings. The van der Waals surface area contributed by atoms with Crippen LogP contribution in [0.4, 0.5) is 4.39 Å². The van der Waals surface area contributed by atoms with E-state index in [0.29, 0.717) is 0 Å². The van der Waals surface area contributed by atoms with Crippen LogP contribution in [-0.4, -0.2) is 27.5 Å². The van der Waals surface area contributed by atoms with Crippen molar-refractivity contribution in [3.05, 3.63) is 66.1 Å². The molecule has 1 atom stereocenters. The van der Waals surface area contributed by atoms with E-state index in [1.165, 1.54) is 18.2 Å². The smallest absolute Gasteiger partial charge is 0.550 e. The number of fused-ring (bicyclic) bond motifs is 1. The third-order valence-corrected chi connectivity index (χ3v) is 4.86. The molecular weight excluding hydrogens is 408 g/mol. The number of nitrogens with zero attached hydrogens (tertiary/aromatic N) is 1. The Balaban J connectivity index is 0.00000341. The zero-order valence-electron chi connectivity index (χ0n) is 17.8. The molecule has 31 heavy (non-hydrogen) atoms. The molecule has 0 saturated carbocycles. The number of allylic oxidation sites excluding steroid dienone is 1. The number of aliphatic carboxylic acids is 1. The maximum atomic E-state index is 13.5. The molecule has 0 fully saturated rings. The summed E-state index contributed by atoms with van der Waals surface area (Å²) in [5, 5.41) is 21.2. The van der Waals surface area contributed by atoms with Gasteiger partial charge in [-0.15, -0.1) is 0 Å². The average Bonchev–Trinajstić information content (AvgIpc) is 3.00. The fourth-order valence-electron chi connectivity index (χ4n) is 3.66. The molecule has 0 spiro atoms. The number of aromatic nitrogens is 1. The summed E-state index contributed by atoms with van der Waals surface area (Å²) < 4.78 is 15.6. The van der Waals surface area contributed by atoms with E-state index in [2.05, 4.69) is 4.57 Å². The molecule has 1 N–H and O–H groups in total. The predicted molar refractivity (Wildman–Crippen MR) is 112 cm³/mol. The number of rotatable bonds is 8. The van der Waals surface area contributed by atoms with Gasteiger partial charge in [0.2, 0.25) is 0 Å². The number of carbonyl (C=O) groups is 2. The monoisotopic (exact) mass is 431 g/mol. The summed E-state index contributed by atoms with van der Waals surface area (Å²) >= 11 is 0. The zero-order chi connectivity index (χ0) is 21.8. The van der Waals surface area contributed by atoms with Crippen LogP contribution in [0.15, 0.2) is 54.6 Å². The molecule has 0 aliphatic heterocycles. The SMILES string of the molecule is CC(C)n1c(/C=C/C(=O)CC(O)CC(=O)[O-])c(-c2ccc(F)cc2)c2ccccc21.[Na+]. The second kappa shape index (κ2) is 10.9. The van der Waals surface area contributed by atoms with Crippen LogP contribution in [0.25, 0.3) is 28.1 Å². The van der Waals surface area contributed by atoms with E-state index in [-0.39, 0.29) is 47.8 Å². The van der Waals surface area contributed by atoms with Crippen LogP contribution in [0.2, 0.25) is 0 Å². The van der Waals surface area contributed by atoms with E-state index in [4.69, 9.17) is 0 Å². The summed E-state index contributed by atoms with van der Waals surface area (Å²) in [5.41, 5.74) is 3.45. The Hall–Kier alpha value is -2.25. The first-order valence-corrected chi connectivity index (χ1v) is 9.75. The summed E-state index contributed by atoms with van der Waals surface area (Å²) in [7, 11) is 0. The van der Waals surface area contributed by atoms with Crippen LogP contribution in [0.5, 0.6) is 0 Å². The van der Waals surface area contributed by atoms with E-state index in [0.717, 1.165) is 27.7 Å². The van der Waals surface area contributed by atoms with Crippen LogP contribution >= 0.6 is 0 Å². The number of carboxylic acids is 1. The first kappa shape index (κ1) is 25.0. The molecule has 3 rings (SSSR count). The minimum Gasteiger partial charge on any atom is -0.550 e. The fraction of sp³-hybridized carbons (Fsp3) is 0.250. The largest absolute Gasteiger partial charge is 1.00 e. The molecule has 0 aliphatic carbocycles. The first-order chi connectivity index (χ1) is 14.3. The predicted octanol–water partition coefficient (Wildman–Crippen LogP) is 0.506. The quantitative estimate of drug-likeness (QED) is 0.416. The van der Waals surface area contributed by atoms with Gasteiger partial charge in [0.05, 0.1) is 11.8 Å². The van der Waals surface area contributed by atoms with Gasteiger partial charge in [-0.2, -0.15) is 0 Å². The van der Waals surface area contributed by atoms with Gasteiger partial charge in [0, 0.05) is 41.3 Å². The summed E-state index contributed by atoms with van der Waals surface area (Å²) in [6.07, 6.45) is 0.829. The topological polar surface area (TPSA) is 82.4 Å². The van der Waals surface area contributed by atoms with Crippen LogP contribution in [0.3, 0.4) is 0 Å². The van der Waals surface area contributed by atoms with Crippen molar-refractivity contribution in [3.8, 4) is 11.1 Å². The van der Waals surface area contributed by atoms with Crippen LogP contribution in [-0.2, 0) is 9.59 Å². The molecule has 7 heteroatoms. The number of carbonyl (C=O) groups excluding carboxylic acids is 2. The van der Waals surface area contributed by atoms with Crippen molar-refractivity contribution in [1.29, 1.82) is 0 Å². The molecule has 2 aromatic carbocycles. The molecular formula is C24H23FNNaO4. The molecule has 3 aromatic rings. The maximum absolute atomic E-state index is 13.5. The van der Waals surface area contributed by atoms with E-state index in [1.54, 1.807) is 18.2 Å². The second-order valence-corrected chi connectivity index (χ2v) is 7.48. The number of hydrogen-bond donors (Lipinski definition) is 1. The van der Waals surface area contributed by atoms with Gasteiger partial charge in [0.1, 0.15) is 5.82 Å². The van der Waals surface area contributed by atoms with Crippen molar-refractivity contribution in [2.45, 2.75) is 38.8 Å². The minimum absolute atomic E-state index is 0. The number of carboxylic acid groups (broad SMARTS) is 1. The molecule has 156 valence electrons. The number of aliphatic hydroxyl groups excluding tert-OH is 1.